The minimum absolute atomic E-state index is 0.128. The number of carbonyl (C=O) groups is 2. The third-order valence-electron chi connectivity index (χ3n) is 5.11. The minimum atomic E-state index is -0.167. The summed E-state index contributed by atoms with van der Waals surface area (Å²) in [6.45, 7) is 2.94. The second-order valence-corrected chi connectivity index (χ2v) is 9.38. The second-order valence-electron chi connectivity index (χ2n) is 7.26. The zero-order chi connectivity index (χ0) is 23.4. The summed E-state index contributed by atoms with van der Waals surface area (Å²) in [5, 5.41) is 4.91. The molecule has 0 saturated heterocycles. The van der Waals surface area contributed by atoms with Crippen molar-refractivity contribution >= 4 is 46.7 Å². The number of benzene rings is 2. The van der Waals surface area contributed by atoms with Crippen LogP contribution in [0, 0.1) is 0 Å². The number of ether oxygens (including phenoxy) is 2. The molecular formula is C25H24N2O4S2. The number of carbonyl (C=O) groups excluding carboxylic acids is 2. The Hall–Kier alpha value is -3.23. The van der Waals surface area contributed by atoms with E-state index in [9.17, 15) is 9.59 Å². The van der Waals surface area contributed by atoms with E-state index in [-0.39, 0.29) is 11.8 Å². The first-order valence-corrected chi connectivity index (χ1v) is 12.1. The highest BCUT2D eigenvalue weighted by molar-refractivity contribution is 8.04. The summed E-state index contributed by atoms with van der Waals surface area (Å²) in [6, 6.07) is 15.0. The first kappa shape index (κ1) is 22.9. The van der Waals surface area contributed by atoms with Gasteiger partial charge in [-0.1, -0.05) is 23.9 Å². The number of methoxy groups -OCH3 is 1. The van der Waals surface area contributed by atoms with Gasteiger partial charge in [0.2, 0.25) is 0 Å². The average Bonchev–Trinajstić information content (AvgIpc) is 3.35. The van der Waals surface area contributed by atoms with Crippen LogP contribution in [-0.2, 0) is 11.3 Å². The normalized spacial score (nSPS) is 14.2. The molecule has 2 heterocycles. The molecule has 0 bridgehead atoms. The molecule has 0 atom stereocenters. The maximum absolute atomic E-state index is 13.1. The van der Waals surface area contributed by atoms with Gasteiger partial charge < -0.3 is 19.7 Å². The van der Waals surface area contributed by atoms with Crippen LogP contribution < -0.4 is 19.7 Å². The molecule has 170 valence electrons. The molecule has 1 aliphatic rings. The molecule has 33 heavy (non-hydrogen) atoms. The van der Waals surface area contributed by atoms with Gasteiger partial charge in [-0.25, -0.2) is 0 Å². The number of nitrogens with one attached hydrogen (secondary N) is 1. The van der Waals surface area contributed by atoms with Crippen molar-refractivity contribution in [3.05, 3.63) is 74.8 Å². The molecule has 6 nitrogen and oxygen atoms in total. The zero-order valence-electron chi connectivity index (χ0n) is 18.6. The summed E-state index contributed by atoms with van der Waals surface area (Å²) in [4.78, 5) is 29.8. The molecule has 1 aliphatic heterocycles. The second kappa shape index (κ2) is 10.1. The van der Waals surface area contributed by atoms with Crippen molar-refractivity contribution in [3.8, 4) is 11.5 Å². The van der Waals surface area contributed by atoms with E-state index in [0.29, 0.717) is 35.1 Å². The van der Waals surface area contributed by atoms with E-state index in [1.54, 1.807) is 42.5 Å². The van der Waals surface area contributed by atoms with Gasteiger partial charge in [0.25, 0.3) is 11.8 Å². The first-order valence-electron chi connectivity index (χ1n) is 10.4. The number of amides is 2. The number of hydrogen-bond donors (Lipinski definition) is 1. The maximum atomic E-state index is 13.1. The Labute approximate surface area is 201 Å². The summed E-state index contributed by atoms with van der Waals surface area (Å²) in [5.74, 6) is 0.986. The van der Waals surface area contributed by atoms with Crippen LogP contribution in [0.15, 0.2) is 63.7 Å². The highest BCUT2D eigenvalue weighted by Crippen LogP contribution is 2.42. The Morgan fingerprint density at radius 2 is 2.00 bits per heavy atom. The van der Waals surface area contributed by atoms with Crippen molar-refractivity contribution in [1.82, 2.24) is 5.32 Å². The monoisotopic (exact) mass is 480 g/mol. The predicted molar refractivity (Wildman–Crippen MR) is 133 cm³/mol. The number of fused-ring (bicyclic) bond motifs is 1. The Morgan fingerprint density at radius 1 is 1.15 bits per heavy atom. The van der Waals surface area contributed by atoms with Gasteiger partial charge in [0.05, 0.1) is 30.9 Å². The van der Waals surface area contributed by atoms with Gasteiger partial charge in [0, 0.05) is 22.4 Å². The van der Waals surface area contributed by atoms with E-state index in [1.807, 2.05) is 54.8 Å². The van der Waals surface area contributed by atoms with E-state index in [0.717, 1.165) is 21.0 Å². The van der Waals surface area contributed by atoms with E-state index >= 15 is 0 Å². The molecular weight excluding hydrogens is 456 g/mol. The lowest BCUT2D eigenvalue weighted by Crippen LogP contribution is -2.30. The van der Waals surface area contributed by atoms with Crippen molar-refractivity contribution in [2.45, 2.75) is 18.4 Å². The van der Waals surface area contributed by atoms with Crippen molar-refractivity contribution in [1.29, 1.82) is 0 Å². The molecule has 0 unspecified atom stereocenters. The molecule has 0 radical (unpaired) electrons. The number of rotatable bonds is 7. The summed E-state index contributed by atoms with van der Waals surface area (Å²) in [5.41, 5.74) is 2.08. The summed E-state index contributed by atoms with van der Waals surface area (Å²) in [6.07, 6.45) is 1.84. The topological polar surface area (TPSA) is 67.9 Å². The lowest BCUT2D eigenvalue weighted by Gasteiger charge is -2.27. The molecule has 1 aromatic heterocycles. The number of anilines is 1. The van der Waals surface area contributed by atoms with Crippen LogP contribution in [0.5, 0.6) is 11.5 Å². The van der Waals surface area contributed by atoms with Crippen molar-refractivity contribution in [2.75, 3.05) is 25.7 Å². The number of likely N-dealkylation sites (N-methyl/N-ethyl adjacent to an activating group) is 1. The smallest absolute Gasteiger partial charge is 0.264 e. The molecule has 2 amide bonds. The lowest BCUT2D eigenvalue weighted by molar-refractivity contribution is -0.114. The van der Waals surface area contributed by atoms with Gasteiger partial charge in [0.1, 0.15) is 0 Å². The molecule has 0 aliphatic carbocycles. The Morgan fingerprint density at radius 3 is 2.73 bits per heavy atom. The fourth-order valence-corrected chi connectivity index (χ4v) is 5.15. The predicted octanol–water partition coefficient (Wildman–Crippen LogP) is 5.20. The fraction of sp³-hybridized carbons (Fsp3) is 0.200. The van der Waals surface area contributed by atoms with Gasteiger partial charge in [-0.15, -0.1) is 11.3 Å². The molecule has 0 spiro atoms. The molecule has 1 N–H and O–H groups in total. The largest absolute Gasteiger partial charge is 0.493 e. The molecule has 0 fully saturated rings. The van der Waals surface area contributed by atoms with E-state index in [4.69, 9.17) is 9.47 Å². The third-order valence-corrected chi connectivity index (χ3v) is 7.06. The standard InChI is InChI=1S/C25H24N2O4S2/c1-4-31-20-9-7-16(12-21(20)30-3)13-23-25(29)27(2)19-14-17(8-10-22(19)33-23)24(28)26-15-18-6-5-11-32-18/h5-14H,4,15H2,1-3H3,(H,26,28)/b23-13+. The zero-order valence-corrected chi connectivity index (χ0v) is 20.2. The van der Waals surface area contributed by atoms with Crippen LogP contribution in [-0.4, -0.2) is 32.6 Å². The molecule has 4 rings (SSSR count). The van der Waals surface area contributed by atoms with Crippen LogP contribution in [0.3, 0.4) is 0 Å². The number of hydrogen-bond acceptors (Lipinski definition) is 6. The maximum Gasteiger partial charge on any atom is 0.264 e. The number of thiophene rings is 1. The fourth-order valence-electron chi connectivity index (χ4n) is 3.42. The van der Waals surface area contributed by atoms with Gasteiger partial charge in [-0.2, -0.15) is 0 Å². The molecule has 2 aromatic carbocycles. The van der Waals surface area contributed by atoms with Gasteiger partial charge in [0.15, 0.2) is 11.5 Å². The minimum Gasteiger partial charge on any atom is -0.493 e. The SMILES string of the molecule is CCOc1ccc(/C=C2/Sc3ccc(C(=O)NCc4cccs4)cc3N(C)C2=O)cc1OC. The first-order chi connectivity index (χ1) is 16.0. The average molecular weight is 481 g/mol. The van der Waals surface area contributed by atoms with E-state index < -0.39 is 0 Å². The van der Waals surface area contributed by atoms with Crippen LogP contribution in [0.4, 0.5) is 5.69 Å². The lowest BCUT2D eigenvalue weighted by atomic mass is 10.1. The molecule has 3 aromatic rings. The summed E-state index contributed by atoms with van der Waals surface area (Å²) in [7, 11) is 3.31. The molecule has 0 saturated carbocycles. The summed E-state index contributed by atoms with van der Waals surface area (Å²) >= 11 is 2.99. The van der Waals surface area contributed by atoms with Crippen LogP contribution in [0.2, 0.25) is 0 Å². The van der Waals surface area contributed by atoms with E-state index in [2.05, 4.69) is 5.32 Å². The quantitative estimate of drug-likeness (QED) is 0.471. The summed E-state index contributed by atoms with van der Waals surface area (Å²) < 4.78 is 11.0. The number of nitrogens with zero attached hydrogens (tertiary/aromatic N) is 1. The highest BCUT2D eigenvalue weighted by atomic mass is 32.2. The Bertz CT molecular complexity index is 1210. The van der Waals surface area contributed by atoms with Crippen molar-refractivity contribution in [3.63, 3.8) is 0 Å². The third kappa shape index (κ3) is 5.07. The Balaban J connectivity index is 1.55. The van der Waals surface area contributed by atoms with E-state index in [1.165, 1.54) is 11.8 Å². The van der Waals surface area contributed by atoms with Crippen LogP contribution in [0.25, 0.3) is 6.08 Å². The number of thioether (sulfide) groups is 1. The van der Waals surface area contributed by atoms with Gasteiger partial charge in [-0.3, -0.25) is 9.59 Å². The van der Waals surface area contributed by atoms with Gasteiger partial charge in [-0.05, 0) is 60.3 Å². The van der Waals surface area contributed by atoms with Crippen LogP contribution in [0.1, 0.15) is 27.7 Å². The van der Waals surface area contributed by atoms with Gasteiger partial charge >= 0.3 is 0 Å². The van der Waals surface area contributed by atoms with Crippen molar-refractivity contribution < 1.29 is 19.1 Å². The Kier molecular flexibility index (Phi) is 7.05. The van der Waals surface area contributed by atoms with Crippen molar-refractivity contribution in [2.24, 2.45) is 0 Å². The highest BCUT2D eigenvalue weighted by Gasteiger charge is 2.27. The van der Waals surface area contributed by atoms with Crippen LogP contribution >= 0.6 is 23.1 Å². The molecule has 8 heteroatoms.